The van der Waals surface area contributed by atoms with Crippen LogP contribution in [-0.4, -0.2) is 0 Å². The van der Waals surface area contributed by atoms with Crippen LogP contribution in [-0.2, 0) is 0 Å². The molecule has 0 atom stereocenters. The monoisotopic (exact) mass is 882 g/mol. The number of benzene rings is 11. The molecule has 0 spiro atoms. The summed E-state index contributed by atoms with van der Waals surface area (Å²) in [6, 6.07) is 99.5. The van der Waals surface area contributed by atoms with Crippen molar-refractivity contribution in [1.82, 2.24) is 0 Å². The van der Waals surface area contributed by atoms with Gasteiger partial charge in [-0.05, 0) is 141 Å². The van der Waals surface area contributed by atoms with E-state index in [-0.39, 0.29) is 0 Å². The minimum atomic E-state index is 0.807. The van der Waals surface area contributed by atoms with Crippen LogP contribution < -0.4 is 14.5 Å². The van der Waals surface area contributed by atoms with E-state index in [1.165, 1.54) is 44.5 Å². The lowest BCUT2D eigenvalue weighted by atomic mass is 9.93. The van der Waals surface area contributed by atoms with E-state index in [4.69, 9.17) is 4.74 Å². The SMILES string of the molecule is c1ccc(-c2ccc(N(c3ccc(-c4ccccc4)cc3)c3ccc4c(c3)-c3ccccc3-c3cc(N(c5ccc(-c6ccccc6)cc5)c5ccc(-c6ccccc6)cc5)ccc3O4)cc2)cc1. The normalized spacial score (nSPS) is 11.3. The predicted octanol–water partition coefficient (Wildman–Crippen LogP) is 18.7. The van der Waals surface area contributed by atoms with E-state index in [0.717, 1.165) is 67.9 Å². The summed E-state index contributed by atoms with van der Waals surface area (Å²) >= 11 is 0. The van der Waals surface area contributed by atoms with Crippen LogP contribution in [0.15, 0.2) is 279 Å². The van der Waals surface area contributed by atoms with Crippen LogP contribution >= 0.6 is 0 Å². The van der Waals surface area contributed by atoms with E-state index >= 15 is 0 Å². The molecule has 0 saturated carbocycles. The third-order valence-corrected chi connectivity index (χ3v) is 13.1. The molecule has 326 valence electrons. The number of hydrogen-bond acceptors (Lipinski definition) is 3. The minimum Gasteiger partial charge on any atom is -0.456 e. The average molecular weight is 883 g/mol. The minimum absolute atomic E-state index is 0.807. The molecule has 11 aromatic carbocycles. The van der Waals surface area contributed by atoms with Gasteiger partial charge in [-0.25, -0.2) is 0 Å². The first-order chi connectivity index (χ1) is 34.2. The van der Waals surface area contributed by atoms with E-state index in [2.05, 4.69) is 289 Å². The van der Waals surface area contributed by atoms with Crippen molar-refractivity contribution in [3.05, 3.63) is 279 Å². The zero-order valence-electron chi connectivity index (χ0n) is 37.9. The lowest BCUT2D eigenvalue weighted by Crippen LogP contribution is -2.10. The number of hydrogen-bond donors (Lipinski definition) is 0. The Kier molecular flexibility index (Phi) is 10.9. The highest BCUT2D eigenvalue weighted by molar-refractivity contribution is 5.95. The number of anilines is 6. The summed E-state index contributed by atoms with van der Waals surface area (Å²) in [4.78, 5) is 4.68. The van der Waals surface area contributed by atoms with Gasteiger partial charge in [0.05, 0.1) is 0 Å². The van der Waals surface area contributed by atoms with Crippen molar-refractivity contribution in [2.45, 2.75) is 0 Å². The summed E-state index contributed by atoms with van der Waals surface area (Å²) in [7, 11) is 0. The fraction of sp³-hybridized carbons (Fsp3) is 0. The van der Waals surface area contributed by atoms with Gasteiger partial charge in [0.25, 0.3) is 0 Å². The van der Waals surface area contributed by atoms with Crippen LogP contribution in [0.3, 0.4) is 0 Å². The zero-order valence-corrected chi connectivity index (χ0v) is 37.9. The summed E-state index contributed by atoms with van der Waals surface area (Å²) in [6.45, 7) is 0. The van der Waals surface area contributed by atoms with Crippen LogP contribution in [0.1, 0.15) is 0 Å². The lowest BCUT2D eigenvalue weighted by molar-refractivity contribution is 0.488. The second-order valence-electron chi connectivity index (χ2n) is 17.3. The molecule has 0 bridgehead atoms. The molecular weight excluding hydrogens is 837 g/mol. The first kappa shape index (κ1) is 41.3. The van der Waals surface area contributed by atoms with E-state index in [0.29, 0.717) is 0 Å². The maximum atomic E-state index is 7.00. The summed E-state index contributed by atoms with van der Waals surface area (Å²) in [6.07, 6.45) is 0. The summed E-state index contributed by atoms with van der Waals surface area (Å²) < 4.78 is 7.00. The molecule has 0 saturated heterocycles. The first-order valence-electron chi connectivity index (χ1n) is 23.5. The van der Waals surface area contributed by atoms with E-state index in [9.17, 15) is 0 Å². The molecule has 0 aliphatic carbocycles. The molecule has 0 aromatic heterocycles. The molecule has 0 amide bonds. The Bertz CT molecular complexity index is 3120. The third kappa shape index (κ3) is 8.24. The van der Waals surface area contributed by atoms with Gasteiger partial charge in [0.2, 0.25) is 0 Å². The maximum Gasteiger partial charge on any atom is 0.135 e. The van der Waals surface area contributed by atoms with Gasteiger partial charge >= 0.3 is 0 Å². The summed E-state index contributed by atoms with van der Waals surface area (Å²) in [5, 5.41) is 0. The molecule has 1 aliphatic heterocycles. The third-order valence-electron chi connectivity index (χ3n) is 13.1. The summed E-state index contributed by atoms with van der Waals surface area (Å²) in [5.74, 6) is 1.61. The molecule has 3 nitrogen and oxygen atoms in total. The zero-order chi connectivity index (χ0) is 45.9. The van der Waals surface area contributed by atoms with Gasteiger partial charge in [-0.15, -0.1) is 0 Å². The van der Waals surface area contributed by atoms with Gasteiger partial charge in [-0.1, -0.05) is 194 Å². The van der Waals surface area contributed by atoms with Crippen molar-refractivity contribution in [3.8, 4) is 78.3 Å². The standard InChI is InChI=1S/C66H46N2O/c1-5-15-47(16-6-1)51-25-33-55(34-26-51)67(56-35-27-52(28-36-56)48-17-7-2-8-18-48)59-41-43-65-63(45-59)61-23-13-14-24-62(61)64-46-60(42-44-66(64)69-65)68(57-37-29-53(30-38-57)49-19-9-3-10-20-49)58-39-31-54(32-40-58)50-21-11-4-12-22-50/h1-46H. The Hall–Kier alpha value is -9.18. The van der Waals surface area contributed by atoms with Gasteiger partial charge in [-0.2, -0.15) is 0 Å². The summed E-state index contributed by atoms with van der Waals surface area (Å²) in [5.41, 5.74) is 20.0. The van der Waals surface area contributed by atoms with Crippen molar-refractivity contribution >= 4 is 34.1 Å². The molecule has 3 heteroatoms. The number of ether oxygens (including phenoxy) is 1. The van der Waals surface area contributed by atoms with Crippen LogP contribution in [0.5, 0.6) is 11.5 Å². The molecule has 0 radical (unpaired) electrons. The Morgan fingerprint density at radius 3 is 0.696 bits per heavy atom. The van der Waals surface area contributed by atoms with Crippen molar-refractivity contribution in [1.29, 1.82) is 0 Å². The Balaban J connectivity index is 0.950. The van der Waals surface area contributed by atoms with Crippen molar-refractivity contribution in [2.75, 3.05) is 9.80 Å². The Labute approximate surface area is 404 Å². The van der Waals surface area contributed by atoms with Crippen LogP contribution in [0.2, 0.25) is 0 Å². The van der Waals surface area contributed by atoms with Crippen LogP contribution in [0.25, 0.3) is 66.8 Å². The van der Waals surface area contributed by atoms with Gasteiger partial charge in [0.1, 0.15) is 11.5 Å². The highest BCUT2D eigenvalue weighted by Crippen LogP contribution is 2.51. The molecule has 1 heterocycles. The molecular formula is C66H46N2O. The van der Waals surface area contributed by atoms with E-state index in [1.54, 1.807) is 0 Å². The lowest BCUT2D eigenvalue weighted by Gasteiger charge is -2.27. The van der Waals surface area contributed by atoms with E-state index < -0.39 is 0 Å². The van der Waals surface area contributed by atoms with Crippen LogP contribution in [0, 0.1) is 0 Å². The highest BCUT2D eigenvalue weighted by Gasteiger charge is 2.25. The molecule has 0 N–H and O–H groups in total. The average Bonchev–Trinajstić information content (AvgIpc) is 3.57. The fourth-order valence-electron chi connectivity index (χ4n) is 9.61. The number of nitrogens with zero attached hydrogens (tertiary/aromatic N) is 2. The predicted molar refractivity (Wildman–Crippen MR) is 288 cm³/mol. The molecule has 12 rings (SSSR count). The second kappa shape index (κ2) is 18.2. The van der Waals surface area contributed by atoms with Crippen LogP contribution in [0.4, 0.5) is 34.1 Å². The smallest absolute Gasteiger partial charge is 0.135 e. The second-order valence-corrected chi connectivity index (χ2v) is 17.3. The highest BCUT2D eigenvalue weighted by atomic mass is 16.5. The fourth-order valence-corrected chi connectivity index (χ4v) is 9.61. The quantitative estimate of drug-likeness (QED) is 0.136. The molecule has 11 aromatic rings. The molecule has 1 aliphatic rings. The molecule has 0 unspecified atom stereocenters. The van der Waals surface area contributed by atoms with Gasteiger partial charge < -0.3 is 14.5 Å². The van der Waals surface area contributed by atoms with Crippen molar-refractivity contribution in [3.63, 3.8) is 0 Å². The molecule has 69 heavy (non-hydrogen) atoms. The Morgan fingerprint density at radius 1 is 0.188 bits per heavy atom. The van der Waals surface area contributed by atoms with Gasteiger partial charge in [-0.3, -0.25) is 0 Å². The first-order valence-corrected chi connectivity index (χ1v) is 23.5. The largest absolute Gasteiger partial charge is 0.456 e. The van der Waals surface area contributed by atoms with Crippen molar-refractivity contribution < 1.29 is 4.74 Å². The van der Waals surface area contributed by atoms with Crippen molar-refractivity contribution in [2.24, 2.45) is 0 Å². The van der Waals surface area contributed by atoms with Gasteiger partial charge in [0, 0.05) is 45.3 Å². The molecule has 0 fully saturated rings. The Morgan fingerprint density at radius 2 is 0.420 bits per heavy atom. The maximum absolute atomic E-state index is 7.00. The number of rotatable bonds is 10. The van der Waals surface area contributed by atoms with Gasteiger partial charge in [0.15, 0.2) is 0 Å². The van der Waals surface area contributed by atoms with E-state index in [1.807, 2.05) is 0 Å². The number of fused-ring (bicyclic) bond motifs is 5. The topological polar surface area (TPSA) is 15.7 Å².